The summed E-state index contributed by atoms with van der Waals surface area (Å²) in [6.07, 6.45) is -0.684. The van der Waals surface area contributed by atoms with Crippen LogP contribution in [0.5, 0.6) is 0 Å². The van der Waals surface area contributed by atoms with Crippen LogP contribution in [0.3, 0.4) is 0 Å². The van der Waals surface area contributed by atoms with Gasteiger partial charge in [-0.2, -0.15) is 0 Å². The molecule has 114 valence electrons. The van der Waals surface area contributed by atoms with Crippen molar-refractivity contribution in [3.05, 3.63) is 35.4 Å². The Kier molecular flexibility index (Phi) is 4.63. The molecule has 1 N–H and O–H groups in total. The summed E-state index contributed by atoms with van der Waals surface area (Å²) in [5.41, 5.74) is 1.98. The number of aryl methyl sites for hydroxylation is 1. The van der Waals surface area contributed by atoms with Crippen LogP contribution in [-0.2, 0) is 14.3 Å². The Morgan fingerprint density at radius 3 is 2.67 bits per heavy atom. The number of hydrogen-bond donors (Lipinski definition) is 1. The minimum absolute atomic E-state index is 0.0292. The minimum atomic E-state index is -0.684. The zero-order valence-electron chi connectivity index (χ0n) is 12.9. The van der Waals surface area contributed by atoms with Crippen molar-refractivity contribution in [2.45, 2.75) is 39.0 Å². The van der Waals surface area contributed by atoms with E-state index < -0.39 is 12.1 Å². The number of nitrogens with zero attached hydrogens (tertiary/aromatic N) is 1. The molecule has 2 amide bonds. The lowest BCUT2D eigenvalue weighted by Gasteiger charge is -2.39. The third kappa shape index (κ3) is 3.24. The molecule has 1 aromatic rings. The van der Waals surface area contributed by atoms with Crippen LogP contribution in [0, 0.1) is 6.92 Å². The quantitative estimate of drug-likeness (QED) is 0.916. The molecule has 1 aliphatic rings. The van der Waals surface area contributed by atoms with E-state index in [9.17, 15) is 9.59 Å². The average Bonchev–Trinajstić information content (AvgIpc) is 2.42. The molecular weight excluding hydrogens is 268 g/mol. The molecule has 2 atom stereocenters. The number of hydrogen-bond acceptors (Lipinski definition) is 3. The van der Waals surface area contributed by atoms with E-state index in [2.05, 4.69) is 5.32 Å². The van der Waals surface area contributed by atoms with Gasteiger partial charge in [-0.3, -0.25) is 9.59 Å². The van der Waals surface area contributed by atoms with Crippen molar-refractivity contribution in [3.63, 3.8) is 0 Å². The fourth-order valence-corrected chi connectivity index (χ4v) is 2.59. The normalized spacial score (nSPS) is 22.5. The van der Waals surface area contributed by atoms with Crippen LogP contribution in [0.15, 0.2) is 24.3 Å². The first-order valence-electron chi connectivity index (χ1n) is 7.15. The van der Waals surface area contributed by atoms with Gasteiger partial charge in [-0.05, 0) is 31.9 Å². The molecule has 0 radical (unpaired) electrons. The van der Waals surface area contributed by atoms with Crippen molar-refractivity contribution >= 4 is 11.8 Å². The van der Waals surface area contributed by atoms with E-state index in [1.165, 1.54) is 0 Å². The van der Waals surface area contributed by atoms with Crippen LogP contribution >= 0.6 is 0 Å². The third-order valence-electron chi connectivity index (χ3n) is 3.68. The van der Waals surface area contributed by atoms with Gasteiger partial charge in [0.15, 0.2) is 6.10 Å². The van der Waals surface area contributed by atoms with Crippen LogP contribution in [0.25, 0.3) is 0 Å². The Morgan fingerprint density at radius 2 is 2.05 bits per heavy atom. The Balaban J connectivity index is 2.36. The number of nitrogens with one attached hydrogen (secondary N) is 1. The van der Waals surface area contributed by atoms with E-state index in [4.69, 9.17) is 4.74 Å². The van der Waals surface area contributed by atoms with Gasteiger partial charge in [0, 0.05) is 13.1 Å². The van der Waals surface area contributed by atoms with Crippen molar-refractivity contribution in [2.75, 3.05) is 13.7 Å². The number of carbonyl (C=O) groups excluding carboxylic acids is 2. The molecule has 1 aromatic carbocycles. The molecular formula is C16H22N2O3. The third-order valence-corrected chi connectivity index (χ3v) is 3.68. The summed E-state index contributed by atoms with van der Waals surface area (Å²) >= 11 is 0. The number of rotatable bonds is 3. The number of benzene rings is 1. The molecule has 0 aliphatic carbocycles. The predicted molar refractivity (Wildman–Crippen MR) is 79.7 cm³/mol. The molecule has 0 saturated carbocycles. The summed E-state index contributed by atoms with van der Waals surface area (Å²) in [6, 6.07) is 7.39. The lowest BCUT2D eigenvalue weighted by atomic mass is 9.94. The van der Waals surface area contributed by atoms with Crippen molar-refractivity contribution < 1.29 is 14.3 Å². The number of carbonyl (C=O) groups is 2. The SMILES string of the molecule is Cc1ccccc1[C@@H]1[C@@H](C(=O)NC(C)C)OCC(=O)N1C. The highest BCUT2D eigenvalue weighted by Gasteiger charge is 2.40. The summed E-state index contributed by atoms with van der Waals surface area (Å²) < 4.78 is 5.54. The average molecular weight is 290 g/mol. The van der Waals surface area contributed by atoms with Crippen LogP contribution in [0.2, 0.25) is 0 Å². The van der Waals surface area contributed by atoms with Gasteiger partial charge in [-0.25, -0.2) is 0 Å². The van der Waals surface area contributed by atoms with Crippen LogP contribution in [0.1, 0.15) is 31.0 Å². The molecule has 2 rings (SSSR count). The Morgan fingerprint density at radius 1 is 1.38 bits per heavy atom. The lowest BCUT2D eigenvalue weighted by molar-refractivity contribution is -0.162. The van der Waals surface area contributed by atoms with E-state index in [0.717, 1.165) is 11.1 Å². The van der Waals surface area contributed by atoms with E-state index in [0.29, 0.717) is 0 Å². The van der Waals surface area contributed by atoms with Gasteiger partial charge in [-0.1, -0.05) is 24.3 Å². The van der Waals surface area contributed by atoms with Crippen LogP contribution in [0.4, 0.5) is 0 Å². The van der Waals surface area contributed by atoms with Gasteiger partial charge in [-0.15, -0.1) is 0 Å². The van der Waals surface area contributed by atoms with Gasteiger partial charge in [0.05, 0.1) is 6.04 Å². The molecule has 5 nitrogen and oxygen atoms in total. The summed E-state index contributed by atoms with van der Waals surface area (Å²) in [7, 11) is 1.72. The lowest BCUT2D eigenvalue weighted by Crippen LogP contribution is -2.54. The van der Waals surface area contributed by atoms with Gasteiger partial charge < -0.3 is 15.0 Å². The molecule has 1 saturated heterocycles. The van der Waals surface area contributed by atoms with Crippen molar-refractivity contribution in [1.29, 1.82) is 0 Å². The summed E-state index contributed by atoms with van der Waals surface area (Å²) in [5.74, 6) is -0.297. The van der Waals surface area contributed by atoms with Crippen LogP contribution < -0.4 is 5.32 Å². The predicted octanol–water partition coefficient (Wildman–Crippen LogP) is 1.42. The molecule has 0 spiro atoms. The number of ether oxygens (including phenoxy) is 1. The van der Waals surface area contributed by atoms with E-state index in [-0.39, 0.29) is 24.5 Å². The second kappa shape index (κ2) is 6.26. The smallest absolute Gasteiger partial charge is 0.251 e. The first-order valence-corrected chi connectivity index (χ1v) is 7.15. The highest BCUT2D eigenvalue weighted by molar-refractivity contribution is 5.86. The Hall–Kier alpha value is -1.88. The fraction of sp³-hybridized carbons (Fsp3) is 0.500. The van der Waals surface area contributed by atoms with E-state index in [1.54, 1.807) is 11.9 Å². The summed E-state index contributed by atoms with van der Waals surface area (Å²) in [5, 5.41) is 2.87. The van der Waals surface area contributed by atoms with Crippen molar-refractivity contribution in [1.82, 2.24) is 10.2 Å². The van der Waals surface area contributed by atoms with Crippen molar-refractivity contribution in [2.24, 2.45) is 0 Å². The molecule has 1 aliphatic heterocycles. The monoisotopic (exact) mass is 290 g/mol. The molecule has 0 aromatic heterocycles. The van der Waals surface area contributed by atoms with Crippen molar-refractivity contribution in [3.8, 4) is 0 Å². The maximum atomic E-state index is 12.4. The standard InChI is InChI=1S/C16H22N2O3/c1-10(2)17-16(20)15-14(18(4)13(19)9-21-15)12-8-6-5-7-11(12)3/h5-8,10,14-15H,9H2,1-4H3,(H,17,20)/t14-,15+/m1/s1. The molecule has 0 unspecified atom stereocenters. The Labute approximate surface area is 125 Å². The molecule has 1 heterocycles. The maximum absolute atomic E-state index is 12.4. The van der Waals surface area contributed by atoms with Gasteiger partial charge in [0.2, 0.25) is 5.91 Å². The second-order valence-electron chi connectivity index (χ2n) is 5.70. The van der Waals surface area contributed by atoms with Crippen LogP contribution in [-0.4, -0.2) is 42.5 Å². The second-order valence-corrected chi connectivity index (χ2v) is 5.70. The summed E-state index contributed by atoms with van der Waals surface area (Å²) in [4.78, 5) is 25.9. The van der Waals surface area contributed by atoms with Gasteiger partial charge in [0.1, 0.15) is 6.61 Å². The topological polar surface area (TPSA) is 58.6 Å². The highest BCUT2D eigenvalue weighted by Crippen LogP contribution is 2.31. The maximum Gasteiger partial charge on any atom is 0.251 e. The van der Waals surface area contributed by atoms with Gasteiger partial charge in [0.25, 0.3) is 5.91 Å². The minimum Gasteiger partial charge on any atom is -0.356 e. The number of likely N-dealkylation sites (N-methyl/N-ethyl adjacent to an activating group) is 1. The fourth-order valence-electron chi connectivity index (χ4n) is 2.59. The van der Waals surface area contributed by atoms with E-state index in [1.807, 2.05) is 45.0 Å². The highest BCUT2D eigenvalue weighted by atomic mass is 16.5. The van der Waals surface area contributed by atoms with Gasteiger partial charge >= 0.3 is 0 Å². The Bertz CT molecular complexity index is 542. The molecule has 1 fully saturated rings. The molecule has 21 heavy (non-hydrogen) atoms. The zero-order valence-corrected chi connectivity index (χ0v) is 12.9. The molecule has 0 bridgehead atoms. The largest absolute Gasteiger partial charge is 0.356 e. The first-order chi connectivity index (χ1) is 9.91. The summed E-state index contributed by atoms with van der Waals surface area (Å²) in [6.45, 7) is 5.71. The zero-order chi connectivity index (χ0) is 15.6. The number of morpholine rings is 1. The first kappa shape index (κ1) is 15.5. The number of amides is 2. The van der Waals surface area contributed by atoms with E-state index >= 15 is 0 Å². The molecule has 5 heteroatoms.